The lowest BCUT2D eigenvalue weighted by molar-refractivity contribution is 0.204. The Bertz CT molecular complexity index is 315. The molecule has 0 saturated carbocycles. The van der Waals surface area contributed by atoms with Gasteiger partial charge in [0, 0.05) is 38.1 Å². The van der Waals surface area contributed by atoms with Gasteiger partial charge in [-0.15, -0.1) is 0 Å². The molecule has 16 heavy (non-hydrogen) atoms. The zero-order valence-corrected chi connectivity index (χ0v) is 10.3. The highest BCUT2D eigenvalue weighted by Crippen LogP contribution is 2.16. The van der Waals surface area contributed by atoms with Crippen molar-refractivity contribution in [2.24, 2.45) is 5.73 Å². The highest BCUT2D eigenvalue weighted by Gasteiger charge is 2.10. The van der Waals surface area contributed by atoms with Gasteiger partial charge in [0.1, 0.15) is 0 Å². The van der Waals surface area contributed by atoms with E-state index in [1.807, 2.05) is 12.1 Å². The molecule has 4 heteroatoms. The topological polar surface area (TPSA) is 51.4 Å². The maximum atomic E-state index is 5.59. The predicted molar refractivity (Wildman–Crippen MR) is 66.5 cm³/mol. The molecule has 0 aliphatic rings. The van der Waals surface area contributed by atoms with Crippen LogP contribution < -0.4 is 10.6 Å². The van der Waals surface area contributed by atoms with Gasteiger partial charge < -0.3 is 15.4 Å². The minimum atomic E-state index is 0.433. The van der Waals surface area contributed by atoms with Crippen molar-refractivity contribution in [1.29, 1.82) is 0 Å². The molecule has 1 aromatic rings. The predicted octanol–water partition coefficient (Wildman–Crippen LogP) is 1.40. The number of nitrogens with zero attached hydrogens (tertiary/aromatic N) is 2. The lowest BCUT2D eigenvalue weighted by Crippen LogP contribution is -2.33. The van der Waals surface area contributed by atoms with E-state index in [9.17, 15) is 0 Å². The molecule has 0 spiro atoms. The normalized spacial score (nSPS) is 10.8. The first kappa shape index (κ1) is 12.9. The number of aromatic nitrogens is 1. The molecule has 4 nitrogen and oxygen atoms in total. The van der Waals surface area contributed by atoms with Gasteiger partial charge in [-0.05, 0) is 26.0 Å². The molecule has 0 aliphatic heterocycles. The Morgan fingerprint density at radius 2 is 2.25 bits per heavy atom. The van der Waals surface area contributed by atoms with Gasteiger partial charge in [-0.2, -0.15) is 0 Å². The van der Waals surface area contributed by atoms with Crippen LogP contribution in [0.1, 0.15) is 19.5 Å². The molecule has 2 N–H and O–H groups in total. The number of ether oxygens (including phenoxy) is 1. The Balaban J connectivity index is 2.82. The summed E-state index contributed by atoms with van der Waals surface area (Å²) in [6.07, 6.45) is 1.81. The minimum absolute atomic E-state index is 0.433. The Morgan fingerprint density at radius 3 is 2.81 bits per heavy atom. The summed E-state index contributed by atoms with van der Waals surface area (Å²) >= 11 is 0. The monoisotopic (exact) mass is 223 g/mol. The molecule has 1 heterocycles. The van der Waals surface area contributed by atoms with Gasteiger partial charge in [0.15, 0.2) is 0 Å². The van der Waals surface area contributed by atoms with E-state index in [2.05, 4.69) is 23.7 Å². The molecule has 0 bridgehead atoms. The summed E-state index contributed by atoms with van der Waals surface area (Å²) in [4.78, 5) is 6.48. The lowest BCUT2D eigenvalue weighted by atomic mass is 10.2. The van der Waals surface area contributed by atoms with Crippen LogP contribution in [0.4, 0.5) is 5.69 Å². The number of hydrogen-bond acceptors (Lipinski definition) is 4. The summed E-state index contributed by atoms with van der Waals surface area (Å²) in [5, 5.41) is 0. The van der Waals surface area contributed by atoms with Gasteiger partial charge in [0.25, 0.3) is 0 Å². The summed E-state index contributed by atoms with van der Waals surface area (Å²) < 4.78 is 5.12. The molecule has 0 unspecified atom stereocenters. The van der Waals surface area contributed by atoms with E-state index >= 15 is 0 Å². The van der Waals surface area contributed by atoms with Crippen molar-refractivity contribution in [2.45, 2.75) is 26.4 Å². The van der Waals surface area contributed by atoms with E-state index in [1.165, 1.54) is 0 Å². The van der Waals surface area contributed by atoms with Crippen molar-refractivity contribution < 1.29 is 4.74 Å². The molecule has 90 valence electrons. The first-order chi connectivity index (χ1) is 7.69. The number of rotatable bonds is 6. The van der Waals surface area contributed by atoms with Crippen LogP contribution in [0.15, 0.2) is 18.3 Å². The zero-order chi connectivity index (χ0) is 12.0. The second-order valence-electron chi connectivity index (χ2n) is 3.99. The molecule has 0 saturated heterocycles. The standard InChI is InChI=1S/C12H21N3O/c1-10(2)15(6-7-16-3)12-4-5-14-11(8-12)9-13/h4-5,8,10H,6-7,9,13H2,1-3H3. The summed E-state index contributed by atoms with van der Waals surface area (Å²) in [6.45, 7) is 6.40. The molecule has 1 rings (SSSR count). The van der Waals surface area contributed by atoms with Crippen molar-refractivity contribution in [3.05, 3.63) is 24.0 Å². The molecule has 1 aromatic heterocycles. The molecular formula is C12H21N3O. The summed E-state index contributed by atoms with van der Waals surface area (Å²) in [5.74, 6) is 0. The fraction of sp³-hybridized carbons (Fsp3) is 0.583. The Labute approximate surface area is 97.4 Å². The van der Waals surface area contributed by atoms with Gasteiger partial charge in [-0.25, -0.2) is 0 Å². The van der Waals surface area contributed by atoms with Gasteiger partial charge in [0.05, 0.1) is 12.3 Å². The summed E-state index contributed by atoms with van der Waals surface area (Å²) in [6, 6.07) is 4.48. The van der Waals surface area contributed by atoms with Crippen molar-refractivity contribution in [1.82, 2.24) is 4.98 Å². The van der Waals surface area contributed by atoms with Crippen LogP contribution in [0.2, 0.25) is 0 Å². The molecule has 0 aromatic carbocycles. The van der Waals surface area contributed by atoms with Gasteiger partial charge in [-0.3, -0.25) is 4.98 Å². The van der Waals surface area contributed by atoms with Crippen molar-refractivity contribution in [3.63, 3.8) is 0 Å². The molecule has 0 fully saturated rings. The smallest absolute Gasteiger partial charge is 0.0637 e. The Kier molecular flexibility index (Phi) is 5.22. The first-order valence-electron chi connectivity index (χ1n) is 5.59. The summed E-state index contributed by atoms with van der Waals surface area (Å²) in [5.41, 5.74) is 7.66. The maximum Gasteiger partial charge on any atom is 0.0637 e. The van der Waals surface area contributed by atoms with E-state index in [-0.39, 0.29) is 0 Å². The van der Waals surface area contributed by atoms with Crippen LogP contribution in [0.3, 0.4) is 0 Å². The average molecular weight is 223 g/mol. The first-order valence-corrected chi connectivity index (χ1v) is 5.59. The minimum Gasteiger partial charge on any atom is -0.383 e. The Morgan fingerprint density at radius 1 is 1.50 bits per heavy atom. The summed E-state index contributed by atoms with van der Waals surface area (Å²) in [7, 11) is 1.72. The van der Waals surface area contributed by atoms with Crippen LogP contribution in [0.5, 0.6) is 0 Å². The highest BCUT2D eigenvalue weighted by molar-refractivity contribution is 5.47. The second kappa shape index (κ2) is 6.45. The number of anilines is 1. The fourth-order valence-corrected chi connectivity index (χ4v) is 1.63. The molecule has 0 amide bonds. The van der Waals surface area contributed by atoms with Gasteiger partial charge in [0.2, 0.25) is 0 Å². The van der Waals surface area contributed by atoms with E-state index in [0.29, 0.717) is 12.6 Å². The maximum absolute atomic E-state index is 5.59. The second-order valence-corrected chi connectivity index (χ2v) is 3.99. The third-order valence-corrected chi connectivity index (χ3v) is 2.50. The van der Waals surface area contributed by atoms with Crippen LogP contribution >= 0.6 is 0 Å². The van der Waals surface area contributed by atoms with Crippen molar-refractivity contribution in [2.75, 3.05) is 25.2 Å². The molecule has 0 aliphatic carbocycles. The number of hydrogen-bond donors (Lipinski definition) is 1. The van der Waals surface area contributed by atoms with Crippen LogP contribution in [-0.2, 0) is 11.3 Å². The van der Waals surface area contributed by atoms with E-state index in [0.717, 1.165) is 24.5 Å². The molecule has 0 radical (unpaired) electrons. The fourth-order valence-electron chi connectivity index (χ4n) is 1.63. The number of methoxy groups -OCH3 is 1. The van der Waals surface area contributed by atoms with E-state index in [1.54, 1.807) is 13.3 Å². The number of nitrogens with two attached hydrogens (primary N) is 1. The molecular weight excluding hydrogens is 202 g/mol. The van der Waals surface area contributed by atoms with Crippen LogP contribution in [0.25, 0.3) is 0 Å². The van der Waals surface area contributed by atoms with Gasteiger partial charge in [-0.1, -0.05) is 0 Å². The van der Waals surface area contributed by atoms with E-state index in [4.69, 9.17) is 10.5 Å². The SMILES string of the molecule is COCCN(c1ccnc(CN)c1)C(C)C. The van der Waals surface area contributed by atoms with Crippen molar-refractivity contribution in [3.8, 4) is 0 Å². The largest absolute Gasteiger partial charge is 0.383 e. The zero-order valence-electron chi connectivity index (χ0n) is 10.3. The van der Waals surface area contributed by atoms with Crippen LogP contribution in [0, 0.1) is 0 Å². The third-order valence-electron chi connectivity index (χ3n) is 2.50. The molecule has 0 atom stereocenters. The van der Waals surface area contributed by atoms with E-state index < -0.39 is 0 Å². The van der Waals surface area contributed by atoms with Crippen LogP contribution in [-0.4, -0.2) is 31.3 Å². The third kappa shape index (κ3) is 3.47. The van der Waals surface area contributed by atoms with Gasteiger partial charge >= 0.3 is 0 Å². The quantitative estimate of drug-likeness (QED) is 0.792. The average Bonchev–Trinajstić information content (AvgIpc) is 2.29. The Hall–Kier alpha value is -1.13. The lowest BCUT2D eigenvalue weighted by Gasteiger charge is -2.28. The van der Waals surface area contributed by atoms with Crippen molar-refractivity contribution >= 4 is 5.69 Å². The number of pyridine rings is 1. The highest BCUT2D eigenvalue weighted by atomic mass is 16.5.